The highest BCUT2D eigenvalue weighted by atomic mass is 16.3. The van der Waals surface area contributed by atoms with E-state index in [1.54, 1.807) is 12.1 Å². The van der Waals surface area contributed by atoms with Crippen LogP contribution in [-0.4, -0.2) is 14.8 Å². The molecule has 0 aliphatic heterocycles. The Bertz CT molecular complexity index is 1440. The van der Waals surface area contributed by atoms with E-state index >= 15 is 0 Å². The lowest BCUT2D eigenvalue weighted by molar-refractivity contribution is 0.480. The van der Waals surface area contributed by atoms with Gasteiger partial charge in [0, 0.05) is 21.8 Å². The van der Waals surface area contributed by atoms with Crippen LogP contribution in [0.3, 0.4) is 0 Å². The van der Waals surface area contributed by atoms with Gasteiger partial charge in [0.25, 0.3) is 0 Å². The molecular formula is C24H16N2O2. The molecule has 134 valence electrons. The average molecular weight is 364 g/mol. The van der Waals surface area contributed by atoms with Crippen molar-refractivity contribution in [2.45, 2.75) is 6.92 Å². The summed E-state index contributed by atoms with van der Waals surface area (Å²) in [5.41, 5.74) is 3.82. The van der Waals surface area contributed by atoms with E-state index in [1.807, 2.05) is 66.1 Å². The van der Waals surface area contributed by atoms with Gasteiger partial charge in [-0.05, 0) is 31.2 Å². The highest BCUT2D eigenvalue weighted by Gasteiger charge is 2.23. The molecule has 0 bridgehead atoms. The van der Waals surface area contributed by atoms with Gasteiger partial charge in [0.1, 0.15) is 23.1 Å². The van der Waals surface area contributed by atoms with Crippen molar-refractivity contribution < 1.29 is 10.2 Å². The van der Waals surface area contributed by atoms with Crippen LogP contribution in [0.4, 0.5) is 0 Å². The van der Waals surface area contributed by atoms with Gasteiger partial charge in [-0.2, -0.15) is 5.26 Å². The molecule has 5 rings (SSSR count). The third-order valence-corrected chi connectivity index (χ3v) is 5.30. The summed E-state index contributed by atoms with van der Waals surface area (Å²) < 4.78 is 2.05. The molecule has 28 heavy (non-hydrogen) atoms. The third kappa shape index (κ3) is 2.04. The van der Waals surface area contributed by atoms with Gasteiger partial charge in [-0.3, -0.25) is 0 Å². The summed E-state index contributed by atoms with van der Waals surface area (Å²) in [4.78, 5) is 0. The highest BCUT2D eigenvalue weighted by Crippen LogP contribution is 2.45. The van der Waals surface area contributed by atoms with Gasteiger partial charge in [-0.15, -0.1) is 0 Å². The van der Waals surface area contributed by atoms with Crippen LogP contribution >= 0.6 is 0 Å². The predicted molar refractivity (Wildman–Crippen MR) is 111 cm³/mol. The number of nitrogens with zero attached hydrogens (tertiary/aromatic N) is 2. The molecule has 4 aromatic carbocycles. The smallest absolute Gasteiger partial charge is 0.141 e. The third-order valence-electron chi connectivity index (χ3n) is 5.30. The second-order valence-electron chi connectivity index (χ2n) is 6.95. The molecule has 0 amide bonds. The minimum Gasteiger partial charge on any atom is -0.507 e. The fourth-order valence-corrected chi connectivity index (χ4v) is 4.04. The first-order chi connectivity index (χ1) is 13.6. The quantitative estimate of drug-likeness (QED) is 0.411. The average Bonchev–Trinajstić information content (AvgIpc) is 3.06. The van der Waals surface area contributed by atoms with E-state index in [0.717, 1.165) is 27.7 Å². The van der Waals surface area contributed by atoms with Gasteiger partial charge < -0.3 is 14.8 Å². The Labute approximate surface area is 161 Å². The highest BCUT2D eigenvalue weighted by molar-refractivity contribution is 6.24. The van der Waals surface area contributed by atoms with E-state index < -0.39 is 0 Å². The molecule has 0 fully saturated rings. The number of hydrogen-bond donors (Lipinski definition) is 2. The zero-order chi connectivity index (χ0) is 19.4. The van der Waals surface area contributed by atoms with Gasteiger partial charge in [-0.25, -0.2) is 0 Å². The molecule has 0 radical (unpaired) electrons. The maximum absolute atomic E-state index is 10.8. The lowest BCUT2D eigenvalue weighted by atomic mass is 9.99. The van der Waals surface area contributed by atoms with Crippen molar-refractivity contribution in [3.63, 3.8) is 0 Å². The number of benzene rings is 4. The summed E-state index contributed by atoms with van der Waals surface area (Å²) in [5.74, 6) is 0.0244. The molecule has 0 aliphatic rings. The van der Waals surface area contributed by atoms with Crippen molar-refractivity contribution in [1.29, 1.82) is 5.26 Å². The lowest BCUT2D eigenvalue weighted by Crippen LogP contribution is -1.95. The first-order valence-corrected chi connectivity index (χ1v) is 8.98. The van der Waals surface area contributed by atoms with Crippen LogP contribution in [0.5, 0.6) is 11.5 Å². The fraction of sp³-hybridized carbons (Fsp3) is 0.0417. The normalized spacial score (nSPS) is 11.3. The summed E-state index contributed by atoms with van der Waals surface area (Å²) in [6.07, 6.45) is 0. The minimum absolute atomic E-state index is 0.0585. The van der Waals surface area contributed by atoms with Crippen molar-refractivity contribution in [2.24, 2.45) is 0 Å². The zero-order valence-corrected chi connectivity index (χ0v) is 15.1. The Kier molecular flexibility index (Phi) is 3.34. The maximum atomic E-state index is 10.8. The molecular weight excluding hydrogens is 348 g/mol. The molecule has 0 saturated heterocycles. The molecule has 0 aliphatic carbocycles. The SMILES string of the molecule is Cc1ccc(-n2c3cccc(O)c3c3c(C#N)c(O)c4ccccc4c32)cc1. The van der Waals surface area contributed by atoms with Gasteiger partial charge in [0.05, 0.1) is 16.4 Å². The molecule has 0 unspecified atom stereocenters. The number of hydrogen-bond acceptors (Lipinski definition) is 3. The minimum atomic E-state index is -0.0585. The molecule has 0 saturated carbocycles. The van der Waals surface area contributed by atoms with Crippen LogP contribution in [0.2, 0.25) is 0 Å². The lowest BCUT2D eigenvalue weighted by Gasteiger charge is -2.11. The van der Waals surface area contributed by atoms with Crippen molar-refractivity contribution >= 4 is 32.6 Å². The topological polar surface area (TPSA) is 69.2 Å². The van der Waals surface area contributed by atoms with Gasteiger partial charge in [0.15, 0.2) is 0 Å². The largest absolute Gasteiger partial charge is 0.507 e. The molecule has 4 nitrogen and oxygen atoms in total. The van der Waals surface area contributed by atoms with Crippen LogP contribution in [0, 0.1) is 18.3 Å². The summed E-state index contributed by atoms with van der Waals surface area (Å²) in [6, 6.07) is 23.0. The van der Waals surface area contributed by atoms with Crippen molar-refractivity contribution in [3.8, 4) is 23.3 Å². The Hall–Kier alpha value is -3.97. The van der Waals surface area contributed by atoms with Gasteiger partial charge in [-0.1, -0.05) is 48.0 Å². The van der Waals surface area contributed by atoms with E-state index in [9.17, 15) is 15.5 Å². The number of rotatable bonds is 1. The molecule has 1 aromatic heterocycles. The van der Waals surface area contributed by atoms with Crippen molar-refractivity contribution in [3.05, 3.63) is 77.9 Å². The molecule has 0 spiro atoms. The van der Waals surface area contributed by atoms with E-state index in [2.05, 4.69) is 6.07 Å². The van der Waals surface area contributed by atoms with Crippen molar-refractivity contribution in [1.82, 2.24) is 4.57 Å². The molecule has 4 heteroatoms. The van der Waals surface area contributed by atoms with Crippen LogP contribution in [0.25, 0.3) is 38.3 Å². The summed E-state index contributed by atoms with van der Waals surface area (Å²) in [7, 11) is 0. The first-order valence-electron chi connectivity index (χ1n) is 8.98. The standard InChI is InChI=1S/C24H16N2O2/c1-14-9-11-15(12-10-14)26-19-7-4-8-20(27)22(19)21-18(13-25)24(28)17-6-3-2-5-16(17)23(21)26/h2-12,27-28H,1H3. The second kappa shape index (κ2) is 5.77. The van der Waals surface area contributed by atoms with E-state index in [1.165, 1.54) is 0 Å². The number of phenols is 2. The Balaban J connectivity index is 2.16. The maximum Gasteiger partial charge on any atom is 0.141 e. The summed E-state index contributed by atoms with van der Waals surface area (Å²) in [6.45, 7) is 2.03. The number of aromatic nitrogens is 1. The van der Waals surface area contributed by atoms with Crippen molar-refractivity contribution in [2.75, 3.05) is 0 Å². The van der Waals surface area contributed by atoms with Crippen LogP contribution in [0.1, 0.15) is 11.1 Å². The Morgan fingerprint density at radius 2 is 1.54 bits per heavy atom. The van der Waals surface area contributed by atoms with E-state index in [-0.39, 0.29) is 17.1 Å². The summed E-state index contributed by atoms with van der Waals surface area (Å²) >= 11 is 0. The van der Waals surface area contributed by atoms with Crippen LogP contribution in [0.15, 0.2) is 66.7 Å². The van der Waals surface area contributed by atoms with E-state index in [0.29, 0.717) is 16.2 Å². The number of aromatic hydroxyl groups is 2. The second-order valence-corrected chi connectivity index (χ2v) is 6.95. The Morgan fingerprint density at radius 3 is 2.25 bits per heavy atom. The van der Waals surface area contributed by atoms with Gasteiger partial charge in [0.2, 0.25) is 0 Å². The molecule has 1 heterocycles. The molecule has 5 aromatic rings. The monoisotopic (exact) mass is 364 g/mol. The predicted octanol–water partition coefficient (Wildman–Crippen LogP) is 5.53. The van der Waals surface area contributed by atoms with E-state index in [4.69, 9.17) is 0 Å². The van der Waals surface area contributed by atoms with Crippen LogP contribution < -0.4 is 0 Å². The zero-order valence-electron chi connectivity index (χ0n) is 15.1. The number of phenolic OH excluding ortho intramolecular Hbond substituents is 2. The number of fused-ring (bicyclic) bond motifs is 5. The number of nitriles is 1. The molecule has 2 N–H and O–H groups in total. The first kappa shape index (κ1) is 16.2. The van der Waals surface area contributed by atoms with Crippen LogP contribution in [-0.2, 0) is 0 Å². The Morgan fingerprint density at radius 1 is 0.821 bits per heavy atom. The van der Waals surface area contributed by atoms with Gasteiger partial charge >= 0.3 is 0 Å². The number of aryl methyl sites for hydroxylation is 1. The molecule has 0 atom stereocenters. The summed E-state index contributed by atoms with van der Waals surface area (Å²) in [5, 5.41) is 33.9. The fourth-order valence-electron chi connectivity index (χ4n) is 4.04.